The molecule has 2 aromatic rings. The van der Waals surface area contributed by atoms with Crippen molar-refractivity contribution < 1.29 is 4.74 Å². The molecule has 0 aliphatic carbocycles. The SMILES string of the molecule is COC[Si](c1ccccc1C)c1ccccc1C. The van der Waals surface area contributed by atoms with Gasteiger partial charge in [-0.05, 0) is 13.8 Å². The summed E-state index contributed by atoms with van der Waals surface area (Å²) in [6, 6.07) is 17.3. The van der Waals surface area contributed by atoms with Gasteiger partial charge in [0.2, 0.25) is 0 Å². The summed E-state index contributed by atoms with van der Waals surface area (Å²) in [5, 5.41) is 2.91. The molecule has 93 valence electrons. The third-order valence-electron chi connectivity index (χ3n) is 3.23. The van der Waals surface area contributed by atoms with Crippen molar-refractivity contribution in [2.75, 3.05) is 13.3 Å². The highest BCUT2D eigenvalue weighted by Gasteiger charge is 2.19. The Bertz CT molecular complexity index is 477. The highest BCUT2D eigenvalue weighted by atomic mass is 28.3. The lowest BCUT2D eigenvalue weighted by Crippen LogP contribution is -2.48. The van der Waals surface area contributed by atoms with E-state index in [-0.39, 0.29) is 0 Å². The Morgan fingerprint density at radius 1 is 0.833 bits per heavy atom. The van der Waals surface area contributed by atoms with Gasteiger partial charge in [-0.15, -0.1) is 0 Å². The van der Waals surface area contributed by atoms with E-state index in [0.717, 1.165) is 6.23 Å². The standard InChI is InChI=1S/C16H19OSi/c1-13-8-4-6-10-15(13)18(12-17-3)16-11-7-5-9-14(16)2/h4-11H,12H2,1-3H3. The van der Waals surface area contributed by atoms with E-state index in [1.54, 1.807) is 7.11 Å². The fourth-order valence-electron chi connectivity index (χ4n) is 2.27. The highest BCUT2D eigenvalue weighted by molar-refractivity contribution is 6.85. The van der Waals surface area contributed by atoms with Gasteiger partial charge in [0.1, 0.15) is 0 Å². The summed E-state index contributed by atoms with van der Waals surface area (Å²) in [7, 11) is 0.960. The average Bonchev–Trinajstić information content (AvgIpc) is 2.38. The highest BCUT2D eigenvalue weighted by Crippen LogP contribution is 2.01. The third-order valence-corrected chi connectivity index (χ3v) is 6.23. The molecule has 1 radical (unpaired) electrons. The molecular formula is C16H19OSi. The second kappa shape index (κ2) is 5.98. The summed E-state index contributed by atoms with van der Waals surface area (Å²) in [4.78, 5) is 0. The van der Waals surface area contributed by atoms with Gasteiger partial charge in [-0.2, -0.15) is 0 Å². The van der Waals surface area contributed by atoms with Crippen LogP contribution < -0.4 is 10.4 Å². The quantitative estimate of drug-likeness (QED) is 0.760. The molecule has 0 aromatic heterocycles. The molecule has 0 bridgehead atoms. The molecule has 0 N–H and O–H groups in total. The molecule has 0 heterocycles. The van der Waals surface area contributed by atoms with Crippen LogP contribution in [0.4, 0.5) is 0 Å². The summed E-state index contributed by atoms with van der Waals surface area (Å²) in [6.45, 7) is 4.38. The maximum absolute atomic E-state index is 5.47. The summed E-state index contributed by atoms with van der Waals surface area (Å²) < 4.78 is 5.47. The van der Waals surface area contributed by atoms with Gasteiger partial charge in [0.15, 0.2) is 8.80 Å². The molecule has 0 saturated heterocycles. The minimum atomic E-state index is -0.833. The fourth-order valence-corrected chi connectivity index (χ4v) is 4.87. The van der Waals surface area contributed by atoms with Gasteiger partial charge in [0.05, 0.1) is 0 Å². The Morgan fingerprint density at radius 3 is 1.67 bits per heavy atom. The van der Waals surface area contributed by atoms with Gasteiger partial charge < -0.3 is 4.74 Å². The molecule has 0 saturated carbocycles. The first-order valence-corrected chi connectivity index (χ1v) is 7.91. The normalized spacial score (nSPS) is 10.9. The number of ether oxygens (including phenoxy) is 1. The minimum absolute atomic E-state index is 0.820. The molecule has 0 unspecified atom stereocenters. The zero-order chi connectivity index (χ0) is 13.0. The van der Waals surface area contributed by atoms with Crippen LogP contribution in [0.1, 0.15) is 11.1 Å². The van der Waals surface area contributed by atoms with Crippen LogP contribution in [-0.2, 0) is 4.74 Å². The van der Waals surface area contributed by atoms with Crippen molar-refractivity contribution in [2.45, 2.75) is 13.8 Å². The average molecular weight is 255 g/mol. The van der Waals surface area contributed by atoms with Crippen molar-refractivity contribution in [1.82, 2.24) is 0 Å². The predicted molar refractivity (Wildman–Crippen MR) is 79.3 cm³/mol. The Kier molecular flexibility index (Phi) is 4.34. The Morgan fingerprint density at radius 2 is 1.28 bits per heavy atom. The molecule has 2 heteroatoms. The number of methoxy groups -OCH3 is 1. The van der Waals surface area contributed by atoms with E-state index in [9.17, 15) is 0 Å². The molecular weight excluding hydrogens is 236 g/mol. The lowest BCUT2D eigenvalue weighted by atomic mass is 10.2. The monoisotopic (exact) mass is 255 g/mol. The molecule has 0 atom stereocenters. The summed E-state index contributed by atoms with van der Waals surface area (Å²) in [5.41, 5.74) is 2.73. The molecule has 2 aromatic carbocycles. The fraction of sp³-hybridized carbons (Fsp3) is 0.250. The first kappa shape index (κ1) is 13.1. The zero-order valence-electron chi connectivity index (χ0n) is 11.2. The summed E-state index contributed by atoms with van der Waals surface area (Å²) >= 11 is 0. The number of aryl methyl sites for hydroxylation is 2. The van der Waals surface area contributed by atoms with Crippen LogP contribution in [0.15, 0.2) is 48.5 Å². The van der Waals surface area contributed by atoms with Crippen LogP contribution in [0.5, 0.6) is 0 Å². The molecule has 0 fully saturated rings. The van der Waals surface area contributed by atoms with E-state index >= 15 is 0 Å². The van der Waals surface area contributed by atoms with Gasteiger partial charge in [-0.3, -0.25) is 0 Å². The zero-order valence-corrected chi connectivity index (χ0v) is 12.2. The molecule has 0 aliphatic rings. The summed E-state index contributed by atoms with van der Waals surface area (Å²) in [5.74, 6) is 0. The van der Waals surface area contributed by atoms with E-state index in [0.29, 0.717) is 0 Å². The van der Waals surface area contributed by atoms with Gasteiger partial charge in [-0.25, -0.2) is 0 Å². The van der Waals surface area contributed by atoms with Gasteiger partial charge >= 0.3 is 0 Å². The maximum Gasteiger partial charge on any atom is 0.151 e. The van der Waals surface area contributed by atoms with Crippen LogP contribution in [0.25, 0.3) is 0 Å². The molecule has 1 nitrogen and oxygen atoms in total. The number of hydrogen-bond donors (Lipinski definition) is 0. The second-order valence-corrected chi connectivity index (χ2v) is 6.86. The number of benzene rings is 2. The molecule has 2 rings (SSSR count). The van der Waals surface area contributed by atoms with Crippen LogP contribution in [-0.4, -0.2) is 22.1 Å². The van der Waals surface area contributed by atoms with E-state index in [4.69, 9.17) is 4.74 Å². The number of rotatable bonds is 4. The molecule has 0 spiro atoms. The van der Waals surface area contributed by atoms with Gasteiger partial charge in [-0.1, -0.05) is 70.0 Å². The van der Waals surface area contributed by atoms with Crippen LogP contribution in [0.2, 0.25) is 0 Å². The maximum atomic E-state index is 5.47. The van der Waals surface area contributed by atoms with E-state index in [1.165, 1.54) is 21.5 Å². The van der Waals surface area contributed by atoms with Crippen molar-refractivity contribution in [2.24, 2.45) is 0 Å². The lowest BCUT2D eigenvalue weighted by molar-refractivity contribution is 0.251. The van der Waals surface area contributed by atoms with Crippen molar-refractivity contribution in [3.8, 4) is 0 Å². The van der Waals surface area contributed by atoms with E-state index in [2.05, 4.69) is 62.4 Å². The predicted octanol–water partition coefficient (Wildman–Crippen LogP) is 2.10. The lowest BCUT2D eigenvalue weighted by Gasteiger charge is -2.19. The van der Waals surface area contributed by atoms with E-state index in [1.807, 2.05) is 0 Å². The smallest absolute Gasteiger partial charge is 0.151 e. The molecule has 0 aliphatic heterocycles. The Balaban J connectivity index is 2.47. The first-order chi connectivity index (χ1) is 8.74. The third kappa shape index (κ3) is 2.71. The van der Waals surface area contributed by atoms with Crippen LogP contribution >= 0.6 is 0 Å². The van der Waals surface area contributed by atoms with Crippen LogP contribution in [0.3, 0.4) is 0 Å². The van der Waals surface area contributed by atoms with E-state index < -0.39 is 8.80 Å². The van der Waals surface area contributed by atoms with Crippen molar-refractivity contribution >= 4 is 19.2 Å². The Labute approximate surface area is 111 Å². The topological polar surface area (TPSA) is 9.23 Å². The van der Waals surface area contributed by atoms with Gasteiger partial charge in [0, 0.05) is 13.3 Å². The molecule has 0 amide bonds. The Hall–Kier alpha value is -1.38. The second-order valence-electron chi connectivity index (χ2n) is 4.54. The van der Waals surface area contributed by atoms with Crippen molar-refractivity contribution in [3.05, 3.63) is 59.7 Å². The van der Waals surface area contributed by atoms with Crippen LogP contribution in [0, 0.1) is 13.8 Å². The molecule has 18 heavy (non-hydrogen) atoms. The minimum Gasteiger partial charge on any atom is -0.387 e. The first-order valence-electron chi connectivity index (χ1n) is 6.21. The largest absolute Gasteiger partial charge is 0.387 e. The van der Waals surface area contributed by atoms with Gasteiger partial charge in [0.25, 0.3) is 0 Å². The summed E-state index contributed by atoms with van der Waals surface area (Å²) in [6.07, 6.45) is 0.820. The van der Waals surface area contributed by atoms with Crippen molar-refractivity contribution in [3.63, 3.8) is 0 Å². The van der Waals surface area contributed by atoms with Crippen molar-refractivity contribution in [1.29, 1.82) is 0 Å². The number of hydrogen-bond acceptors (Lipinski definition) is 1.